The number of hydrogen-bond donors (Lipinski definition) is 1. The average molecular weight is 274 g/mol. The first kappa shape index (κ1) is 15.5. The van der Waals surface area contributed by atoms with Crippen LogP contribution in [0.3, 0.4) is 0 Å². The second-order valence-corrected chi connectivity index (χ2v) is 6.39. The van der Waals surface area contributed by atoms with E-state index in [1.54, 1.807) is 5.56 Å². The zero-order chi connectivity index (χ0) is 14.5. The summed E-state index contributed by atoms with van der Waals surface area (Å²) in [7, 11) is 2.06. The van der Waals surface area contributed by atoms with Gasteiger partial charge in [-0.15, -0.1) is 0 Å². The molecule has 1 heterocycles. The van der Waals surface area contributed by atoms with Crippen LogP contribution in [-0.2, 0) is 6.54 Å². The molecule has 1 fully saturated rings. The topological polar surface area (TPSA) is 15.3 Å². The Morgan fingerprint density at radius 3 is 2.50 bits per heavy atom. The van der Waals surface area contributed by atoms with E-state index in [2.05, 4.69) is 50.2 Å². The van der Waals surface area contributed by atoms with Crippen LogP contribution in [0.5, 0.6) is 0 Å². The summed E-state index contributed by atoms with van der Waals surface area (Å²) in [5.41, 5.74) is 5.85. The number of hydrogen-bond acceptors (Lipinski definition) is 2. The zero-order valence-corrected chi connectivity index (χ0v) is 13.6. The van der Waals surface area contributed by atoms with Gasteiger partial charge in [0.15, 0.2) is 0 Å². The summed E-state index contributed by atoms with van der Waals surface area (Å²) in [6.07, 6.45) is 5.41. The van der Waals surface area contributed by atoms with Crippen molar-refractivity contribution in [2.45, 2.75) is 59.0 Å². The van der Waals surface area contributed by atoms with E-state index >= 15 is 0 Å². The van der Waals surface area contributed by atoms with Gasteiger partial charge in [-0.05, 0) is 76.9 Å². The van der Waals surface area contributed by atoms with Crippen molar-refractivity contribution in [3.8, 4) is 0 Å². The van der Waals surface area contributed by atoms with Crippen LogP contribution in [0.4, 0.5) is 0 Å². The van der Waals surface area contributed by atoms with Crippen LogP contribution in [0.15, 0.2) is 12.1 Å². The van der Waals surface area contributed by atoms with Gasteiger partial charge in [0.05, 0.1) is 0 Å². The second-order valence-electron chi connectivity index (χ2n) is 6.39. The van der Waals surface area contributed by atoms with Crippen LogP contribution >= 0.6 is 0 Å². The fraction of sp³-hybridized carbons (Fsp3) is 0.667. The summed E-state index contributed by atoms with van der Waals surface area (Å²) < 4.78 is 0. The molecule has 1 atom stereocenters. The van der Waals surface area contributed by atoms with Gasteiger partial charge in [0.1, 0.15) is 0 Å². The Hall–Kier alpha value is -0.860. The maximum absolute atomic E-state index is 3.30. The minimum Gasteiger partial charge on any atom is -0.320 e. The molecule has 0 amide bonds. The number of benzene rings is 1. The zero-order valence-electron chi connectivity index (χ0n) is 13.6. The normalized spacial score (nSPS) is 20.3. The van der Waals surface area contributed by atoms with Crippen molar-refractivity contribution in [1.82, 2.24) is 10.2 Å². The highest BCUT2D eigenvalue weighted by atomic mass is 15.2. The van der Waals surface area contributed by atoms with Gasteiger partial charge in [-0.2, -0.15) is 0 Å². The fourth-order valence-corrected chi connectivity index (χ4v) is 3.57. The molecule has 0 aromatic heterocycles. The third-order valence-corrected chi connectivity index (χ3v) is 4.68. The molecule has 0 aliphatic carbocycles. The minimum atomic E-state index is 0.760. The number of aryl methyl sites for hydroxylation is 3. The molecule has 0 bridgehead atoms. The van der Waals surface area contributed by atoms with E-state index in [1.807, 2.05) is 0 Å². The molecular weight excluding hydrogens is 244 g/mol. The van der Waals surface area contributed by atoms with Gasteiger partial charge in [-0.3, -0.25) is 4.90 Å². The predicted molar refractivity (Wildman–Crippen MR) is 87.2 cm³/mol. The lowest BCUT2D eigenvalue weighted by atomic mass is 9.95. The van der Waals surface area contributed by atoms with Gasteiger partial charge in [0, 0.05) is 12.6 Å². The summed E-state index contributed by atoms with van der Waals surface area (Å²) in [6.45, 7) is 10.3. The molecule has 1 aliphatic rings. The van der Waals surface area contributed by atoms with E-state index in [0.29, 0.717) is 0 Å². The highest BCUT2D eigenvalue weighted by Crippen LogP contribution is 2.25. The van der Waals surface area contributed by atoms with Crippen LogP contribution in [0.1, 0.15) is 47.9 Å². The molecule has 0 saturated carbocycles. The van der Waals surface area contributed by atoms with E-state index < -0.39 is 0 Å². The van der Waals surface area contributed by atoms with Gasteiger partial charge < -0.3 is 5.32 Å². The van der Waals surface area contributed by atoms with Crippen LogP contribution in [0.2, 0.25) is 0 Å². The van der Waals surface area contributed by atoms with Crippen LogP contribution in [0, 0.1) is 20.8 Å². The van der Waals surface area contributed by atoms with Crippen LogP contribution in [0.25, 0.3) is 0 Å². The third kappa shape index (κ3) is 3.83. The first-order chi connectivity index (χ1) is 9.61. The molecule has 2 nitrogen and oxygen atoms in total. The van der Waals surface area contributed by atoms with E-state index in [-0.39, 0.29) is 0 Å². The molecular formula is C18H30N2. The van der Waals surface area contributed by atoms with E-state index in [1.165, 1.54) is 48.9 Å². The predicted octanol–water partition coefficient (Wildman–Crippen LogP) is 3.58. The molecule has 1 N–H and O–H groups in total. The largest absolute Gasteiger partial charge is 0.320 e. The Labute approximate surface area is 124 Å². The summed E-state index contributed by atoms with van der Waals surface area (Å²) >= 11 is 0. The highest BCUT2D eigenvalue weighted by molar-refractivity contribution is 5.37. The van der Waals surface area contributed by atoms with Gasteiger partial charge in [-0.1, -0.05) is 24.1 Å². The van der Waals surface area contributed by atoms with Crippen LogP contribution in [-0.4, -0.2) is 31.1 Å². The molecule has 20 heavy (non-hydrogen) atoms. The Kier molecular flexibility index (Phi) is 5.62. The van der Waals surface area contributed by atoms with Gasteiger partial charge in [0.2, 0.25) is 0 Å². The number of piperidine rings is 1. The van der Waals surface area contributed by atoms with E-state index in [9.17, 15) is 0 Å². The Morgan fingerprint density at radius 2 is 1.85 bits per heavy atom. The lowest BCUT2D eigenvalue weighted by Crippen LogP contribution is -2.40. The minimum absolute atomic E-state index is 0.760. The van der Waals surface area contributed by atoms with Gasteiger partial charge >= 0.3 is 0 Å². The third-order valence-electron chi connectivity index (χ3n) is 4.68. The van der Waals surface area contributed by atoms with E-state index in [0.717, 1.165) is 19.1 Å². The molecule has 0 spiro atoms. The molecule has 112 valence electrons. The van der Waals surface area contributed by atoms with Crippen LogP contribution < -0.4 is 5.32 Å². The number of likely N-dealkylation sites (tertiary alicyclic amines) is 1. The van der Waals surface area contributed by atoms with Crippen molar-refractivity contribution < 1.29 is 0 Å². The highest BCUT2D eigenvalue weighted by Gasteiger charge is 2.22. The summed E-state index contributed by atoms with van der Waals surface area (Å²) in [6, 6.07) is 5.42. The van der Waals surface area contributed by atoms with Crippen molar-refractivity contribution >= 4 is 0 Å². The van der Waals surface area contributed by atoms with Crippen molar-refractivity contribution in [2.24, 2.45) is 0 Å². The maximum atomic E-state index is 3.30. The molecule has 1 aromatic rings. The van der Waals surface area contributed by atoms with Crippen molar-refractivity contribution in [3.63, 3.8) is 0 Å². The smallest absolute Gasteiger partial charge is 0.0241 e. The van der Waals surface area contributed by atoms with Crippen molar-refractivity contribution in [3.05, 3.63) is 34.4 Å². The SMILES string of the molecule is CNCCC1CCCCN1Cc1c(C)cc(C)cc1C. The van der Waals surface area contributed by atoms with Gasteiger partial charge in [-0.25, -0.2) is 0 Å². The number of rotatable bonds is 5. The molecule has 2 rings (SSSR count). The first-order valence-electron chi connectivity index (χ1n) is 8.07. The number of nitrogens with zero attached hydrogens (tertiary/aromatic N) is 1. The standard InChI is InChI=1S/C18H30N2/c1-14-11-15(2)18(16(3)12-14)13-20-10-6-5-7-17(20)8-9-19-4/h11-12,17,19H,5-10,13H2,1-4H3. The molecule has 1 unspecified atom stereocenters. The van der Waals surface area contributed by atoms with E-state index in [4.69, 9.17) is 0 Å². The molecule has 1 aliphatic heterocycles. The molecule has 1 saturated heterocycles. The summed E-state index contributed by atoms with van der Waals surface area (Å²) in [5, 5.41) is 3.30. The molecule has 1 aromatic carbocycles. The number of nitrogens with one attached hydrogen (secondary N) is 1. The Balaban J connectivity index is 2.10. The second kappa shape index (κ2) is 7.24. The molecule has 0 radical (unpaired) electrons. The van der Waals surface area contributed by atoms with Gasteiger partial charge in [0.25, 0.3) is 0 Å². The molecule has 2 heteroatoms. The Bertz CT molecular complexity index is 416. The van der Waals surface area contributed by atoms with Crippen molar-refractivity contribution in [1.29, 1.82) is 0 Å². The lowest BCUT2D eigenvalue weighted by molar-refractivity contribution is 0.132. The summed E-state index contributed by atoms with van der Waals surface area (Å²) in [4.78, 5) is 2.71. The average Bonchev–Trinajstić information content (AvgIpc) is 2.41. The first-order valence-corrected chi connectivity index (χ1v) is 8.07. The lowest BCUT2D eigenvalue weighted by Gasteiger charge is -2.36. The monoisotopic (exact) mass is 274 g/mol. The summed E-state index contributed by atoms with van der Waals surface area (Å²) in [5.74, 6) is 0. The van der Waals surface area contributed by atoms with Crippen molar-refractivity contribution in [2.75, 3.05) is 20.1 Å². The Morgan fingerprint density at radius 1 is 1.15 bits per heavy atom. The quantitative estimate of drug-likeness (QED) is 0.883. The maximum Gasteiger partial charge on any atom is 0.0241 e. The fourth-order valence-electron chi connectivity index (χ4n) is 3.57.